The van der Waals surface area contributed by atoms with Crippen molar-refractivity contribution in [3.05, 3.63) is 29.3 Å². The summed E-state index contributed by atoms with van der Waals surface area (Å²) in [6.45, 7) is 1.09. The number of benzene rings is 1. The van der Waals surface area contributed by atoms with Gasteiger partial charge >= 0.3 is 0 Å². The molecular formula is C10H12F2O2. The van der Waals surface area contributed by atoms with Gasteiger partial charge in [0, 0.05) is 0 Å². The summed E-state index contributed by atoms with van der Waals surface area (Å²) in [6.07, 6.45) is -2.47. The number of hydrogen-bond donors (Lipinski definition) is 1. The van der Waals surface area contributed by atoms with Crippen molar-refractivity contribution in [2.24, 2.45) is 0 Å². The normalized spacial score (nSPS) is 10.6. The molecule has 0 amide bonds. The molecule has 1 N–H and O–H groups in total. The number of aliphatic hydroxyl groups excluding tert-OH is 1. The third-order valence-corrected chi connectivity index (χ3v) is 1.79. The van der Waals surface area contributed by atoms with Gasteiger partial charge in [-0.25, -0.2) is 8.78 Å². The van der Waals surface area contributed by atoms with Crippen molar-refractivity contribution >= 4 is 0 Å². The Morgan fingerprint density at radius 1 is 1.43 bits per heavy atom. The van der Waals surface area contributed by atoms with Gasteiger partial charge in [0.25, 0.3) is 6.43 Å². The Kier molecular flexibility index (Phi) is 3.83. The number of hydrogen-bond acceptors (Lipinski definition) is 2. The van der Waals surface area contributed by atoms with Crippen molar-refractivity contribution in [2.75, 3.05) is 6.61 Å². The maximum atomic E-state index is 11.8. The van der Waals surface area contributed by atoms with Crippen LogP contribution in [0.25, 0.3) is 0 Å². The lowest BCUT2D eigenvalue weighted by molar-refractivity contribution is 0.0815. The summed E-state index contributed by atoms with van der Waals surface area (Å²) >= 11 is 0. The summed E-state index contributed by atoms with van der Waals surface area (Å²) in [5.74, 6) is 0.433. The first kappa shape index (κ1) is 10.9. The van der Waals surface area contributed by atoms with Gasteiger partial charge in [-0.3, -0.25) is 0 Å². The fourth-order valence-corrected chi connectivity index (χ4v) is 1.12. The molecule has 0 aliphatic rings. The molecule has 78 valence electrons. The molecule has 0 spiro atoms. The van der Waals surface area contributed by atoms with E-state index in [-0.39, 0.29) is 6.61 Å². The van der Waals surface area contributed by atoms with Crippen LogP contribution < -0.4 is 4.74 Å². The monoisotopic (exact) mass is 202 g/mol. The van der Waals surface area contributed by atoms with Crippen LogP contribution in [0.4, 0.5) is 8.78 Å². The molecule has 0 aliphatic heterocycles. The summed E-state index contributed by atoms with van der Waals surface area (Å²) in [5.41, 5.74) is 1.49. The Morgan fingerprint density at radius 3 is 2.64 bits per heavy atom. The molecule has 1 rings (SSSR count). The number of aryl methyl sites for hydroxylation is 1. The number of alkyl halides is 2. The molecular weight excluding hydrogens is 190 g/mol. The summed E-state index contributed by atoms with van der Waals surface area (Å²) in [4.78, 5) is 0. The average Bonchev–Trinajstić information content (AvgIpc) is 2.15. The highest BCUT2D eigenvalue weighted by molar-refractivity contribution is 5.35. The lowest BCUT2D eigenvalue weighted by Crippen LogP contribution is -2.07. The summed E-state index contributed by atoms with van der Waals surface area (Å²) in [6, 6.07) is 4.94. The summed E-state index contributed by atoms with van der Waals surface area (Å²) < 4.78 is 28.5. The van der Waals surface area contributed by atoms with E-state index in [1.165, 1.54) is 0 Å². The van der Waals surface area contributed by atoms with E-state index in [0.29, 0.717) is 5.75 Å². The predicted octanol–water partition coefficient (Wildman–Crippen LogP) is 2.13. The number of ether oxygens (including phenoxy) is 1. The molecule has 1 aromatic rings. The van der Waals surface area contributed by atoms with Gasteiger partial charge in [-0.2, -0.15) is 0 Å². The quantitative estimate of drug-likeness (QED) is 0.810. The molecule has 0 aromatic heterocycles. The molecule has 0 unspecified atom stereocenters. The Labute approximate surface area is 81.1 Å². The Hall–Kier alpha value is -1.16. The molecule has 0 heterocycles. The highest BCUT2D eigenvalue weighted by Gasteiger charge is 2.05. The lowest BCUT2D eigenvalue weighted by atomic mass is 10.1. The minimum Gasteiger partial charge on any atom is -0.487 e. The van der Waals surface area contributed by atoms with Crippen molar-refractivity contribution in [3.63, 3.8) is 0 Å². The van der Waals surface area contributed by atoms with Crippen LogP contribution in [0.15, 0.2) is 18.2 Å². The molecule has 0 aliphatic carbocycles. The van der Waals surface area contributed by atoms with Crippen LogP contribution in [0.1, 0.15) is 11.1 Å². The van der Waals surface area contributed by atoms with Crippen LogP contribution in [0.2, 0.25) is 0 Å². The molecule has 4 heteroatoms. The molecule has 0 bridgehead atoms. The van der Waals surface area contributed by atoms with Gasteiger partial charge in [-0.05, 0) is 24.1 Å². The van der Waals surface area contributed by atoms with Crippen LogP contribution in [0.3, 0.4) is 0 Å². The zero-order valence-electron chi connectivity index (χ0n) is 7.84. The second kappa shape index (κ2) is 4.91. The standard InChI is InChI=1S/C10H12F2O2/c1-7-4-8(5-13)2-3-9(7)14-6-10(11)12/h2-4,10,13H,5-6H2,1H3. The van der Waals surface area contributed by atoms with Gasteiger partial charge in [0.1, 0.15) is 12.4 Å². The third-order valence-electron chi connectivity index (χ3n) is 1.79. The highest BCUT2D eigenvalue weighted by atomic mass is 19.3. The van der Waals surface area contributed by atoms with E-state index >= 15 is 0 Å². The minimum atomic E-state index is -2.47. The molecule has 0 fully saturated rings. The zero-order valence-corrected chi connectivity index (χ0v) is 7.84. The van der Waals surface area contributed by atoms with Crippen LogP contribution in [-0.4, -0.2) is 18.1 Å². The van der Waals surface area contributed by atoms with Crippen molar-refractivity contribution in [2.45, 2.75) is 20.0 Å². The summed E-state index contributed by atoms with van der Waals surface area (Å²) in [7, 11) is 0. The maximum Gasteiger partial charge on any atom is 0.272 e. The maximum absolute atomic E-state index is 11.8. The van der Waals surface area contributed by atoms with Gasteiger partial charge in [0.05, 0.1) is 6.61 Å². The Balaban J connectivity index is 2.69. The van der Waals surface area contributed by atoms with Gasteiger partial charge in [0.2, 0.25) is 0 Å². The van der Waals surface area contributed by atoms with Crippen molar-refractivity contribution < 1.29 is 18.6 Å². The van der Waals surface area contributed by atoms with Crippen LogP contribution in [0, 0.1) is 6.92 Å². The van der Waals surface area contributed by atoms with E-state index in [9.17, 15) is 8.78 Å². The molecule has 14 heavy (non-hydrogen) atoms. The van der Waals surface area contributed by atoms with E-state index in [0.717, 1.165) is 11.1 Å². The summed E-state index contributed by atoms with van der Waals surface area (Å²) in [5, 5.41) is 8.81. The molecule has 0 saturated heterocycles. The van der Waals surface area contributed by atoms with E-state index in [1.807, 2.05) is 0 Å². The minimum absolute atomic E-state index is 0.0596. The average molecular weight is 202 g/mol. The molecule has 0 radical (unpaired) electrons. The second-order valence-electron chi connectivity index (χ2n) is 2.96. The second-order valence-corrected chi connectivity index (χ2v) is 2.96. The van der Waals surface area contributed by atoms with E-state index in [2.05, 4.69) is 0 Å². The van der Waals surface area contributed by atoms with E-state index in [1.54, 1.807) is 25.1 Å². The smallest absolute Gasteiger partial charge is 0.272 e. The number of rotatable bonds is 4. The van der Waals surface area contributed by atoms with Gasteiger partial charge in [-0.15, -0.1) is 0 Å². The topological polar surface area (TPSA) is 29.5 Å². The van der Waals surface area contributed by atoms with Crippen LogP contribution >= 0.6 is 0 Å². The lowest BCUT2D eigenvalue weighted by Gasteiger charge is -2.09. The zero-order chi connectivity index (χ0) is 10.6. The van der Waals surface area contributed by atoms with Gasteiger partial charge in [0.15, 0.2) is 0 Å². The SMILES string of the molecule is Cc1cc(CO)ccc1OCC(F)F. The predicted molar refractivity (Wildman–Crippen MR) is 48.6 cm³/mol. The first-order valence-corrected chi connectivity index (χ1v) is 4.25. The third kappa shape index (κ3) is 2.96. The van der Waals surface area contributed by atoms with Crippen molar-refractivity contribution in [1.29, 1.82) is 0 Å². The largest absolute Gasteiger partial charge is 0.487 e. The van der Waals surface area contributed by atoms with Crippen molar-refractivity contribution in [1.82, 2.24) is 0 Å². The van der Waals surface area contributed by atoms with Gasteiger partial charge in [-0.1, -0.05) is 12.1 Å². The van der Waals surface area contributed by atoms with Crippen molar-refractivity contribution in [3.8, 4) is 5.75 Å². The molecule has 1 aromatic carbocycles. The fraction of sp³-hybridized carbons (Fsp3) is 0.400. The molecule has 0 saturated carbocycles. The molecule has 0 atom stereocenters. The Bertz CT molecular complexity index is 300. The van der Waals surface area contributed by atoms with E-state index < -0.39 is 13.0 Å². The first-order valence-electron chi connectivity index (χ1n) is 4.25. The number of halogens is 2. The fourth-order valence-electron chi connectivity index (χ4n) is 1.12. The molecule has 2 nitrogen and oxygen atoms in total. The Morgan fingerprint density at radius 2 is 2.14 bits per heavy atom. The number of aliphatic hydroxyl groups is 1. The van der Waals surface area contributed by atoms with Crippen LogP contribution in [-0.2, 0) is 6.61 Å². The highest BCUT2D eigenvalue weighted by Crippen LogP contribution is 2.19. The van der Waals surface area contributed by atoms with Crippen LogP contribution in [0.5, 0.6) is 5.75 Å². The van der Waals surface area contributed by atoms with E-state index in [4.69, 9.17) is 9.84 Å². The van der Waals surface area contributed by atoms with Gasteiger partial charge < -0.3 is 9.84 Å². The first-order chi connectivity index (χ1) is 6.63.